The fraction of sp³-hybridized carbons (Fsp3) is 0.786. The van der Waals surface area contributed by atoms with Crippen LogP contribution in [-0.2, 0) is 0 Å². The molecule has 1 aromatic heterocycles. The van der Waals surface area contributed by atoms with E-state index in [2.05, 4.69) is 51.8 Å². The number of aliphatic hydroxyl groups is 1. The van der Waals surface area contributed by atoms with E-state index in [0.29, 0.717) is 6.04 Å². The average molecular weight is 330 g/mol. The van der Waals surface area contributed by atoms with Crippen molar-refractivity contribution in [1.29, 1.82) is 0 Å². The van der Waals surface area contributed by atoms with E-state index in [9.17, 15) is 5.11 Å². The summed E-state index contributed by atoms with van der Waals surface area (Å²) in [5.74, 6) is 0. The van der Waals surface area contributed by atoms with E-state index in [1.165, 1.54) is 12.8 Å². The Hall–Kier alpha value is -0.390. The van der Waals surface area contributed by atoms with Crippen LogP contribution in [0.1, 0.15) is 50.5 Å². The first-order valence-corrected chi connectivity index (χ1v) is 7.75. The molecule has 2 unspecified atom stereocenters. The maximum absolute atomic E-state index is 9.69. The van der Waals surface area contributed by atoms with E-state index in [1.54, 1.807) is 0 Å². The number of aromatic nitrogens is 2. The summed E-state index contributed by atoms with van der Waals surface area (Å²) < 4.78 is 3.14. The highest BCUT2D eigenvalue weighted by atomic mass is 79.9. The molecular formula is C14H24BrN3O. The molecule has 0 spiro atoms. The standard InChI is InChI=1S/C14H24BrN3O/c1-9(18-11(3)13(15)10(2)17-18)7-14(4,8-19)16-12-5-6-12/h9,12,16,19H,5-8H2,1-4H3. The Balaban J connectivity index is 2.09. The zero-order valence-corrected chi connectivity index (χ0v) is 13.8. The van der Waals surface area contributed by atoms with Crippen LogP contribution in [0.5, 0.6) is 0 Å². The van der Waals surface area contributed by atoms with Crippen LogP contribution >= 0.6 is 15.9 Å². The van der Waals surface area contributed by atoms with Crippen molar-refractivity contribution in [3.05, 3.63) is 15.9 Å². The highest BCUT2D eigenvalue weighted by Gasteiger charge is 2.34. The van der Waals surface area contributed by atoms with Crippen molar-refractivity contribution in [2.45, 2.75) is 64.6 Å². The number of aryl methyl sites for hydroxylation is 1. The highest BCUT2D eigenvalue weighted by molar-refractivity contribution is 9.10. The summed E-state index contributed by atoms with van der Waals surface area (Å²) in [6.07, 6.45) is 3.33. The lowest BCUT2D eigenvalue weighted by Gasteiger charge is -2.32. The van der Waals surface area contributed by atoms with E-state index in [4.69, 9.17) is 0 Å². The van der Waals surface area contributed by atoms with Gasteiger partial charge in [-0.15, -0.1) is 0 Å². The predicted molar refractivity (Wildman–Crippen MR) is 80.4 cm³/mol. The van der Waals surface area contributed by atoms with Crippen LogP contribution in [0.4, 0.5) is 0 Å². The van der Waals surface area contributed by atoms with Gasteiger partial charge < -0.3 is 10.4 Å². The van der Waals surface area contributed by atoms with Gasteiger partial charge in [-0.2, -0.15) is 5.10 Å². The maximum atomic E-state index is 9.69. The normalized spacial score (nSPS) is 20.3. The minimum absolute atomic E-state index is 0.161. The zero-order chi connectivity index (χ0) is 14.2. The molecule has 19 heavy (non-hydrogen) atoms. The summed E-state index contributed by atoms with van der Waals surface area (Å²) in [4.78, 5) is 0. The molecule has 1 fully saturated rings. The summed E-state index contributed by atoms with van der Waals surface area (Å²) in [5, 5.41) is 17.8. The SMILES string of the molecule is Cc1nn(C(C)CC(C)(CO)NC2CC2)c(C)c1Br. The molecule has 1 aromatic rings. The van der Waals surface area contributed by atoms with E-state index in [1.807, 2.05) is 6.92 Å². The molecule has 4 nitrogen and oxygen atoms in total. The Kier molecular flexibility index (Phi) is 4.38. The van der Waals surface area contributed by atoms with E-state index in [-0.39, 0.29) is 18.2 Å². The molecule has 0 aliphatic heterocycles. The molecule has 2 atom stereocenters. The highest BCUT2D eigenvalue weighted by Crippen LogP contribution is 2.29. The first kappa shape index (κ1) is 15.0. The van der Waals surface area contributed by atoms with Gasteiger partial charge in [-0.1, -0.05) is 0 Å². The van der Waals surface area contributed by atoms with Gasteiger partial charge in [-0.3, -0.25) is 4.68 Å². The van der Waals surface area contributed by atoms with Crippen LogP contribution in [0.2, 0.25) is 0 Å². The predicted octanol–water partition coefficient (Wildman–Crippen LogP) is 2.72. The van der Waals surface area contributed by atoms with Gasteiger partial charge in [0.05, 0.1) is 28.5 Å². The molecule has 0 aromatic carbocycles. The molecule has 0 amide bonds. The molecule has 1 saturated carbocycles. The Morgan fingerprint density at radius 3 is 2.58 bits per heavy atom. The average Bonchev–Trinajstić information content (AvgIpc) is 3.12. The van der Waals surface area contributed by atoms with Gasteiger partial charge in [0.25, 0.3) is 0 Å². The number of rotatable bonds is 6. The van der Waals surface area contributed by atoms with Crippen molar-refractivity contribution in [2.24, 2.45) is 0 Å². The molecule has 0 radical (unpaired) electrons. The summed E-state index contributed by atoms with van der Waals surface area (Å²) in [5.41, 5.74) is 1.95. The van der Waals surface area contributed by atoms with Crippen LogP contribution in [0.25, 0.3) is 0 Å². The maximum Gasteiger partial charge on any atom is 0.0738 e. The molecule has 1 aliphatic carbocycles. The lowest BCUT2D eigenvalue weighted by Crippen LogP contribution is -2.48. The number of nitrogens with zero attached hydrogens (tertiary/aromatic N) is 2. The smallest absolute Gasteiger partial charge is 0.0738 e. The van der Waals surface area contributed by atoms with E-state index < -0.39 is 0 Å². The summed E-state index contributed by atoms with van der Waals surface area (Å²) in [6, 6.07) is 0.852. The van der Waals surface area contributed by atoms with Crippen LogP contribution in [0.3, 0.4) is 0 Å². The molecule has 0 saturated heterocycles. The fourth-order valence-corrected chi connectivity index (χ4v) is 2.96. The molecule has 1 aliphatic rings. The first-order valence-electron chi connectivity index (χ1n) is 6.96. The molecular weight excluding hydrogens is 306 g/mol. The van der Waals surface area contributed by atoms with Gasteiger partial charge in [-0.05, 0) is 62.9 Å². The molecule has 0 bridgehead atoms. The molecule has 2 N–H and O–H groups in total. The zero-order valence-electron chi connectivity index (χ0n) is 12.2. The minimum Gasteiger partial charge on any atom is -0.394 e. The van der Waals surface area contributed by atoms with Crippen LogP contribution in [-0.4, -0.2) is 33.1 Å². The van der Waals surface area contributed by atoms with Crippen LogP contribution in [0, 0.1) is 13.8 Å². The van der Waals surface area contributed by atoms with Crippen molar-refractivity contribution in [3.63, 3.8) is 0 Å². The van der Waals surface area contributed by atoms with Gasteiger partial charge in [0.2, 0.25) is 0 Å². The van der Waals surface area contributed by atoms with Crippen molar-refractivity contribution in [2.75, 3.05) is 6.61 Å². The van der Waals surface area contributed by atoms with Gasteiger partial charge in [0.1, 0.15) is 0 Å². The molecule has 5 heteroatoms. The second-order valence-corrected chi connectivity index (χ2v) is 6.91. The fourth-order valence-electron chi connectivity index (χ4n) is 2.70. The third-order valence-electron chi connectivity index (χ3n) is 3.88. The summed E-state index contributed by atoms with van der Waals surface area (Å²) >= 11 is 3.57. The number of hydrogen-bond donors (Lipinski definition) is 2. The number of nitrogens with one attached hydrogen (secondary N) is 1. The van der Waals surface area contributed by atoms with Crippen LogP contribution in [0.15, 0.2) is 4.47 Å². The van der Waals surface area contributed by atoms with Crippen molar-refractivity contribution < 1.29 is 5.11 Å². The Bertz CT molecular complexity index is 456. The van der Waals surface area contributed by atoms with Crippen molar-refractivity contribution >= 4 is 15.9 Å². The monoisotopic (exact) mass is 329 g/mol. The summed E-state index contributed by atoms with van der Waals surface area (Å²) in [7, 11) is 0. The van der Waals surface area contributed by atoms with Crippen LogP contribution < -0.4 is 5.32 Å². The quantitative estimate of drug-likeness (QED) is 0.843. The number of hydrogen-bond acceptors (Lipinski definition) is 3. The van der Waals surface area contributed by atoms with E-state index >= 15 is 0 Å². The largest absolute Gasteiger partial charge is 0.394 e. The van der Waals surface area contributed by atoms with Gasteiger partial charge in [0, 0.05) is 11.6 Å². The molecule has 108 valence electrons. The lowest BCUT2D eigenvalue weighted by molar-refractivity contribution is 0.146. The second-order valence-electron chi connectivity index (χ2n) is 6.12. The van der Waals surface area contributed by atoms with Gasteiger partial charge in [-0.25, -0.2) is 0 Å². The lowest BCUT2D eigenvalue weighted by atomic mass is 9.94. The topological polar surface area (TPSA) is 50.1 Å². The Morgan fingerprint density at radius 2 is 2.16 bits per heavy atom. The van der Waals surface area contributed by atoms with Crippen molar-refractivity contribution in [1.82, 2.24) is 15.1 Å². The third-order valence-corrected chi connectivity index (χ3v) is 5.03. The molecule has 2 rings (SSSR count). The third kappa shape index (κ3) is 3.38. The number of aliphatic hydroxyl groups excluding tert-OH is 1. The minimum atomic E-state index is -0.223. The second kappa shape index (κ2) is 5.54. The molecule has 1 heterocycles. The Labute approximate surface area is 123 Å². The number of halogens is 1. The first-order chi connectivity index (χ1) is 8.86. The van der Waals surface area contributed by atoms with E-state index in [0.717, 1.165) is 22.3 Å². The summed E-state index contributed by atoms with van der Waals surface area (Å²) in [6.45, 7) is 8.50. The van der Waals surface area contributed by atoms with Gasteiger partial charge in [0.15, 0.2) is 0 Å². The van der Waals surface area contributed by atoms with Crippen molar-refractivity contribution in [3.8, 4) is 0 Å². The Morgan fingerprint density at radius 1 is 1.53 bits per heavy atom. The van der Waals surface area contributed by atoms with Gasteiger partial charge >= 0.3 is 0 Å².